The first kappa shape index (κ1) is 12.0. The lowest BCUT2D eigenvalue weighted by Crippen LogP contribution is -2.23. The Kier molecular flexibility index (Phi) is 3.29. The van der Waals surface area contributed by atoms with Crippen LogP contribution in [0.1, 0.15) is 16.5 Å². The van der Waals surface area contributed by atoms with Crippen LogP contribution in [0.15, 0.2) is 36.4 Å². The molecule has 1 unspecified atom stereocenters. The minimum atomic E-state index is 0.0659. The topological polar surface area (TPSA) is 12.5 Å². The summed E-state index contributed by atoms with van der Waals surface area (Å²) in [7, 11) is 2.12. The van der Waals surface area contributed by atoms with Gasteiger partial charge in [-0.1, -0.05) is 29.8 Å². The molecule has 0 saturated carbocycles. The second-order valence-electron chi connectivity index (χ2n) is 4.55. The minimum Gasteiger partial charge on any atom is -0.483 e. The molecular weight excluding hydrogens is 266 g/mol. The predicted molar refractivity (Wildman–Crippen MR) is 75.5 cm³/mol. The lowest BCUT2D eigenvalue weighted by atomic mass is 10.2. The van der Waals surface area contributed by atoms with Crippen LogP contribution in [0.2, 0.25) is 4.34 Å². The number of fused-ring (bicyclic) bond motifs is 1. The molecule has 0 saturated heterocycles. The largest absolute Gasteiger partial charge is 0.483 e. The van der Waals surface area contributed by atoms with Crippen molar-refractivity contribution in [3.05, 3.63) is 51.2 Å². The molecule has 94 valence electrons. The summed E-state index contributed by atoms with van der Waals surface area (Å²) in [6.45, 7) is 1.80. The van der Waals surface area contributed by atoms with E-state index in [1.165, 1.54) is 10.4 Å². The first-order valence-electron chi connectivity index (χ1n) is 5.91. The maximum absolute atomic E-state index is 6.14. The molecule has 1 aliphatic heterocycles. The molecule has 1 aromatic heterocycles. The van der Waals surface area contributed by atoms with Gasteiger partial charge in [-0.25, -0.2) is 0 Å². The Balaban J connectivity index is 1.94. The third-order valence-electron chi connectivity index (χ3n) is 3.07. The van der Waals surface area contributed by atoms with Crippen LogP contribution in [0.25, 0.3) is 0 Å². The summed E-state index contributed by atoms with van der Waals surface area (Å²) in [5.41, 5.74) is 1.24. The molecule has 0 N–H and O–H groups in total. The van der Waals surface area contributed by atoms with Crippen LogP contribution in [0.5, 0.6) is 5.75 Å². The second-order valence-corrected chi connectivity index (χ2v) is 6.30. The van der Waals surface area contributed by atoms with E-state index in [4.69, 9.17) is 16.3 Å². The van der Waals surface area contributed by atoms with Crippen LogP contribution in [0.3, 0.4) is 0 Å². The summed E-state index contributed by atoms with van der Waals surface area (Å²) in [5.74, 6) is 0.983. The average Bonchev–Trinajstić information content (AvgIpc) is 2.70. The average molecular weight is 280 g/mol. The maximum atomic E-state index is 6.14. The van der Waals surface area contributed by atoms with E-state index in [0.29, 0.717) is 0 Å². The number of benzene rings is 1. The van der Waals surface area contributed by atoms with Crippen LogP contribution < -0.4 is 4.74 Å². The van der Waals surface area contributed by atoms with Crippen molar-refractivity contribution >= 4 is 22.9 Å². The molecule has 3 rings (SSSR count). The fourth-order valence-electron chi connectivity index (χ4n) is 2.23. The van der Waals surface area contributed by atoms with Gasteiger partial charge in [0.2, 0.25) is 0 Å². The summed E-state index contributed by atoms with van der Waals surface area (Å²) in [5, 5.41) is 0. The van der Waals surface area contributed by atoms with Crippen molar-refractivity contribution in [1.82, 2.24) is 4.90 Å². The van der Waals surface area contributed by atoms with Crippen molar-refractivity contribution in [3.63, 3.8) is 0 Å². The minimum absolute atomic E-state index is 0.0659. The SMILES string of the molecule is CN1Cc2ccccc2OC(c2ccc(Cl)s2)C1. The molecule has 2 heterocycles. The highest BCUT2D eigenvalue weighted by Crippen LogP contribution is 2.34. The number of para-hydroxylation sites is 1. The summed E-state index contributed by atoms with van der Waals surface area (Å²) < 4.78 is 6.95. The molecular formula is C14H14ClNOS. The molecule has 1 atom stereocenters. The van der Waals surface area contributed by atoms with Gasteiger partial charge in [-0.3, -0.25) is 4.90 Å². The Morgan fingerprint density at radius 1 is 1.28 bits per heavy atom. The van der Waals surface area contributed by atoms with E-state index in [2.05, 4.69) is 30.1 Å². The van der Waals surface area contributed by atoms with E-state index in [-0.39, 0.29) is 6.10 Å². The first-order chi connectivity index (χ1) is 8.72. The lowest BCUT2D eigenvalue weighted by molar-refractivity contribution is 0.168. The number of halogens is 1. The van der Waals surface area contributed by atoms with E-state index >= 15 is 0 Å². The quantitative estimate of drug-likeness (QED) is 0.783. The van der Waals surface area contributed by atoms with Gasteiger partial charge in [0.15, 0.2) is 0 Å². The van der Waals surface area contributed by atoms with Crippen molar-refractivity contribution in [3.8, 4) is 5.75 Å². The molecule has 0 fully saturated rings. The van der Waals surface area contributed by atoms with Crippen molar-refractivity contribution in [2.45, 2.75) is 12.6 Å². The van der Waals surface area contributed by atoms with Crippen LogP contribution in [0, 0.1) is 0 Å². The predicted octanol–water partition coefficient (Wildman–Crippen LogP) is 3.97. The van der Waals surface area contributed by atoms with E-state index < -0.39 is 0 Å². The Hall–Kier alpha value is -1.03. The molecule has 0 spiro atoms. The molecule has 0 bridgehead atoms. The Morgan fingerprint density at radius 3 is 2.89 bits per heavy atom. The van der Waals surface area contributed by atoms with Gasteiger partial charge in [0.25, 0.3) is 0 Å². The van der Waals surface area contributed by atoms with E-state index in [0.717, 1.165) is 23.2 Å². The highest BCUT2D eigenvalue weighted by atomic mass is 35.5. The summed E-state index contributed by atoms with van der Waals surface area (Å²) >= 11 is 7.60. The van der Waals surface area contributed by atoms with Crippen molar-refractivity contribution in [1.29, 1.82) is 0 Å². The number of hydrogen-bond acceptors (Lipinski definition) is 3. The van der Waals surface area contributed by atoms with Gasteiger partial charge in [0, 0.05) is 23.5 Å². The zero-order valence-electron chi connectivity index (χ0n) is 10.1. The molecule has 2 aromatic rings. The smallest absolute Gasteiger partial charge is 0.145 e. The molecule has 0 aliphatic carbocycles. The third kappa shape index (κ3) is 2.39. The van der Waals surface area contributed by atoms with Gasteiger partial charge in [-0.05, 0) is 25.2 Å². The number of likely N-dealkylation sites (N-methyl/N-ethyl adjacent to an activating group) is 1. The van der Waals surface area contributed by atoms with Crippen LogP contribution >= 0.6 is 22.9 Å². The van der Waals surface area contributed by atoms with Gasteiger partial charge in [-0.15, -0.1) is 11.3 Å². The monoisotopic (exact) mass is 279 g/mol. The van der Waals surface area contributed by atoms with E-state index in [1.54, 1.807) is 11.3 Å². The van der Waals surface area contributed by atoms with E-state index in [1.807, 2.05) is 18.2 Å². The maximum Gasteiger partial charge on any atom is 0.145 e. The number of rotatable bonds is 1. The van der Waals surface area contributed by atoms with Gasteiger partial charge in [0.1, 0.15) is 11.9 Å². The number of thiophene rings is 1. The standard InChI is InChI=1S/C14H14ClNOS/c1-16-8-10-4-2-3-5-11(10)17-12(9-16)13-6-7-14(15)18-13/h2-7,12H,8-9H2,1H3. The van der Waals surface area contributed by atoms with Crippen LogP contribution in [-0.2, 0) is 6.54 Å². The summed E-state index contributed by atoms with van der Waals surface area (Å²) in [6.07, 6.45) is 0.0659. The first-order valence-corrected chi connectivity index (χ1v) is 7.10. The molecule has 1 aromatic carbocycles. The molecule has 18 heavy (non-hydrogen) atoms. The Labute approximate surface area is 116 Å². The number of hydrogen-bond donors (Lipinski definition) is 0. The summed E-state index contributed by atoms with van der Waals surface area (Å²) in [6, 6.07) is 12.2. The highest BCUT2D eigenvalue weighted by molar-refractivity contribution is 7.16. The Bertz CT molecular complexity index is 554. The van der Waals surface area contributed by atoms with Gasteiger partial charge < -0.3 is 4.74 Å². The fourth-order valence-corrected chi connectivity index (χ4v) is 3.31. The van der Waals surface area contributed by atoms with Gasteiger partial charge >= 0.3 is 0 Å². The fraction of sp³-hybridized carbons (Fsp3) is 0.286. The summed E-state index contributed by atoms with van der Waals surface area (Å²) in [4.78, 5) is 3.47. The van der Waals surface area contributed by atoms with Crippen molar-refractivity contribution in [2.75, 3.05) is 13.6 Å². The molecule has 2 nitrogen and oxygen atoms in total. The Morgan fingerprint density at radius 2 is 2.11 bits per heavy atom. The molecule has 0 radical (unpaired) electrons. The molecule has 4 heteroatoms. The van der Waals surface area contributed by atoms with Crippen LogP contribution in [-0.4, -0.2) is 18.5 Å². The highest BCUT2D eigenvalue weighted by Gasteiger charge is 2.23. The number of ether oxygens (including phenoxy) is 1. The van der Waals surface area contributed by atoms with Gasteiger partial charge in [-0.2, -0.15) is 0 Å². The zero-order valence-corrected chi connectivity index (χ0v) is 11.7. The van der Waals surface area contributed by atoms with Gasteiger partial charge in [0.05, 0.1) is 4.34 Å². The zero-order chi connectivity index (χ0) is 12.5. The number of nitrogens with zero attached hydrogens (tertiary/aromatic N) is 1. The lowest BCUT2D eigenvalue weighted by Gasteiger charge is -2.19. The molecule has 1 aliphatic rings. The normalized spacial score (nSPS) is 20.0. The van der Waals surface area contributed by atoms with Crippen molar-refractivity contribution < 1.29 is 4.74 Å². The van der Waals surface area contributed by atoms with Crippen molar-refractivity contribution in [2.24, 2.45) is 0 Å². The third-order valence-corrected chi connectivity index (χ3v) is 4.39. The second kappa shape index (κ2) is 4.92. The molecule has 0 amide bonds. The van der Waals surface area contributed by atoms with E-state index in [9.17, 15) is 0 Å². The van der Waals surface area contributed by atoms with Crippen LogP contribution in [0.4, 0.5) is 0 Å².